The van der Waals surface area contributed by atoms with Crippen molar-refractivity contribution in [2.24, 2.45) is 5.92 Å². The molecule has 1 fully saturated rings. The molecule has 10 heteroatoms. The lowest BCUT2D eigenvalue weighted by Gasteiger charge is -2.23. The molecule has 36 heavy (non-hydrogen) atoms. The highest BCUT2D eigenvalue weighted by Gasteiger charge is 2.18. The molecule has 1 aromatic carbocycles. The van der Waals surface area contributed by atoms with Gasteiger partial charge in [-0.3, -0.25) is 15.1 Å². The average Bonchev–Trinajstić information content (AvgIpc) is 3.41. The Bertz CT molecular complexity index is 1280. The molecule has 0 unspecified atom stereocenters. The zero-order valence-corrected chi connectivity index (χ0v) is 20.4. The van der Waals surface area contributed by atoms with Crippen molar-refractivity contribution in [2.75, 3.05) is 30.4 Å². The molecule has 0 spiro atoms. The number of anilines is 2. The molecule has 0 aliphatic carbocycles. The predicted molar refractivity (Wildman–Crippen MR) is 138 cm³/mol. The zero-order valence-electron chi connectivity index (χ0n) is 19.6. The highest BCUT2D eigenvalue weighted by atomic mass is 32.1. The second-order valence-corrected chi connectivity index (χ2v) is 9.37. The van der Waals surface area contributed by atoms with Crippen LogP contribution in [0.4, 0.5) is 10.8 Å². The van der Waals surface area contributed by atoms with Gasteiger partial charge in [0.2, 0.25) is 11.0 Å². The molecule has 9 nitrogen and oxygen atoms in total. The Hall–Kier alpha value is -3.89. The highest BCUT2D eigenvalue weighted by Crippen LogP contribution is 2.28. The maximum atomic E-state index is 13.0. The van der Waals surface area contributed by atoms with Crippen molar-refractivity contribution >= 4 is 28.1 Å². The van der Waals surface area contributed by atoms with E-state index in [9.17, 15) is 4.79 Å². The Morgan fingerprint density at radius 3 is 2.69 bits per heavy atom. The molecule has 1 saturated heterocycles. The van der Waals surface area contributed by atoms with Gasteiger partial charge >= 0.3 is 0 Å². The summed E-state index contributed by atoms with van der Waals surface area (Å²) < 4.78 is 11.5. The van der Waals surface area contributed by atoms with Crippen molar-refractivity contribution in [3.63, 3.8) is 0 Å². The van der Waals surface area contributed by atoms with E-state index in [0.29, 0.717) is 39.8 Å². The molecule has 4 heterocycles. The Balaban J connectivity index is 1.30. The summed E-state index contributed by atoms with van der Waals surface area (Å²) in [6.07, 6.45) is 6.89. The summed E-state index contributed by atoms with van der Waals surface area (Å²) in [5.74, 6) is 0.633. The minimum Gasteiger partial charge on any atom is -0.471 e. The van der Waals surface area contributed by atoms with Crippen LogP contribution in [-0.4, -0.2) is 45.8 Å². The van der Waals surface area contributed by atoms with E-state index in [1.54, 1.807) is 18.5 Å². The van der Waals surface area contributed by atoms with E-state index in [1.807, 2.05) is 42.5 Å². The maximum absolute atomic E-state index is 13.0. The van der Waals surface area contributed by atoms with Gasteiger partial charge in [0.25, 0.3) is 5.91 Å². The topological polar surface area (TPSA) is 111 Å². The number of nitrogens with zero attached hydrogens (tertiary/aromatic N) is 4. The second kappa shape index (κ2) is 11.7. The fourth-order valence-corrected chi connectivity index (χ4v) is 4.55. The summed E-state index contributed by atoms with van der Waals surface area (Å²) >= 11 is 1.30. The molecule has 0 atom stereocenters. The van der Waals surface area contributed by atoms with Crippen LogP contribution < -0.4 is 15.4 Å². The molecule has 1 aliphatic rings. The van der Waals surface area contributed by atoms with Crippen LogP contribution in [0.1, 0.15) is 28.8 Å². The first-order valence-electron chi connectivity index (χ1n) is 11.8. The third kappa shape index (κ3) is 6.21. The molecule has 5 rings (SSSR count). The standard InChI is InChI=1S/C26H26N6O3S/c33-23(30-26-32-31-25(36-26)20-6-10-27-11-7-20)21-14-22(28-15-18-8-12-34-13-9-18)24(29-16-21)35-17-19-4-2-1-3-5-19/h1-7,10-11,14,16,18,28H,8-9,12-13,15,17H2,(H,30,32,33). The molecule has 0 saturated carbocycles. The second-order valence-electron chi connectivity index (χ2n) is 8.39. The number of ether oxygens (including phenoxy) is 2. The van der Waals surface area contributed by atoms with Gasteiger partial charge in [0.05, 0.1) is 11.3 Å². The lowest BCUT2D eigenvalue weighted by Crippen LogP contribution is -2.23. The summed E-state index contributed by atoms with van der Waals surface area (Å²) in [7, 11) is 0. The molecule has 4 aromatic rings. The minimum atomic E-state index is -0.316. The van der Waals surface area contributed by atoms with Crippen molar-refractivity contribution in [3.8, 4) is 16.5 Å². The van der Waals surface area contributed by atoms with E-state index >= 15 is 0 Å². The normalized spacial score (nSPS) is 13.8. The van der Waals surface area contributed by atoms with Crippen LogP contribution in [-0.2, 0) is 11.3 Å². The van der Waals surface area contributed by atoms with Gasteiger partial charge in [0.15, 0.2) is 0 Å². The van der Waals surface area contributed by atoms with E-state index in [0.717, 1.165) is 43.7 Å². The summed E-state index contributed by atoms with van der Waals surface area (Å²) in [5.41, 5.74) is 3.01. The number of amides is 1. The molecule has 3 aromatic heterocycles. The maximum Gasteiger partial charge on any atom is 0.259 e. The van der Waals surface area contributed by atoms with Crippen molar-refractivity contribution in [1.29, 1.82) is 0 Å². The average molecular weight is 503 g/mol. The lowest BCUT2D eigenvalue weighted by molar-refractivity contribution is 0.0699. The van der Waals surface area contributed by atoms with E-state index < -0.39 is 0 Å². The number of hydrogen-bond acceptors (Lipinski definition) is 9. The number of hydrogen-bond donors (Lipinski definition) is 2. The van der Waals surface area contributed by atoms with Crippen molar-refractivity contribution in [3.05, 3.63) is 78.2 Å². The molecular formula is C26H26N6O3S. The molecule has 0 radical (unpaired) electrons. The first-order valence-corrected chi connectivity index (χ1v) is 12.6. The van der Waals surface area contributed by atoms with Gasteiger partial charge in [-0.25, -0.2) is 4.98 Å². The first kappa shape index (κ1) is 23.8. The first-order chi connectivity index (χ1) is 17.7. The third-order valence-electron chi connectivity index (χ3n) is 5.83. The number of pyridine rings is 2. The Kier molecular flexibility index (Phi) is 7.74. The number of carbonyl (C=O) groups excluding carboxylic acids is 1. The Morgan fingerprint density at radius 1 is 1.08 bits per heavy atom. The van der Waals surface area contributed by atoms with Gasteiger partial charge in [-0.05, 0) is 42.5 Å². The largest absolute Gasteiger partial charge is 0.471 e. The van der Waals surface area contributed by atoms with Crippen molar-refractivity contribution in [1.82, 2.24) is 20.2 Å². The monoisotopic (exact) mass is 502 g/mol. The van der Waals surface area contributed by atoms with E-state index in [2.05, 4.69) is 30.8 Å². The van der Waals surface area contributed by atoms with Crippen LogP contribution in [0.2, 0.25) is 0 Å². The molecular weight excluding hydrogens is 476 g/mol. The van der Waals surface area contributed by atoms with Crippen LogP contribution in [0, 0.1) is 5.92 Å². The van der Waals surface area contributed by atoms with E-state index in [1.165, 1.54) is 17.5 Å². The SMILES string of the molecule is O=C(Nc1nnc(-c2ccncc2)s1)c1cnc(OCc2ccccc2)c(NCC2CCOCC2)c1. The number of nitrogens with one attached hydrogen (secondary N) is 2. The quantitative estimate of drug-likeness (QED) is 0.340. The zero-order chi connectivity index (χ0) is 24.6. The molecule has 1 aliphatic heterocycles. The Labute approximate surface area is 212 Å². The van der Waals surface area contributed by atoms with Crippen LogP contribution in [0.3, 0.4) is 0 Å². The van der Waals surface area contributed by atoms with Gasteiger partial charge in [-0.1, -0.05) is 41.7 Å². The number of benzene rings is 1. The Morgan fingerprint density at radius 2 is 1.89 bits per heavy atom. The third-order valence-corrected chi connectivity index (χ3v) is 6.71. The van der Waals surface area contributed by atoms with E-state index in [4.69, 9.17) is 9.47 Å². The van der Waals surface area contributed by atoms with Gasteiger partial charge in [-0.2, -0.15) is 0 Å². The van der Waals surface area contributed by atoms with Gasteiger partial charge in [0.1, 0.15) is 11.6 Å². The summed E-state index contributed by atoms with van der Waals surface area (Å²) in [6.45, 7) is 2.68. The van der Waals surface area contributed by atoms with Crippen molar-refractivity contribution in [2.45, 2.75) is 19.4 Å². The summed E-state index contributed by atoms with van der Waals surface area (Å²) in [4.78, 5) is 21.5. The fraction of sp³-hybridized carbons (Fsp3) is 0.269. The summed E-state index contributed by atoms with van der Waals surface area (Å²) in [6, 6.07) is 15.4. The molecule has 1 amide bonds. The molecule has 2 N–H and O–H groups in total. The predicted octanol–water partition coefficient (Wildman–Crippen LogP) is 4.66. The van der Waals surface area contributed by atoms with Crippen LogP contribution in [0.25, 0.3) is 10.6 Å². The molecule has 184 valence electrons. The number of carbonyl (C=O) groups is 1. The lowest BCUT2D eigenvalue weighted by atomic mass is 10.0. The number of aromatic nitrogens is 4. The van der Waals surface area contributed by atoms with Gasteiger partial charge in [-0.15, -0.1) is 10.2 Å². The highest BCUT2D eigenvalue weighted by molar-refractivity contribution is 7.18. The number of rotatable bonds is 9. The van der Waals surface area contributed by atoms with E-state index in [-0.39, 0.29) is 5.91 Å². The van der Waals surface area contributed by atoms with Crippen LogP contribution in [0.5, 0.6) is 5.88 Å². The van der Waals surface area contributed by atoms with Crippen LogP contribution in [0.15, 0.2) is 67.1 Å². The van der Waals surface area contributed by atoms with Crippen molar-refractivity contribution < 1.29 is 14.3 Å². The smallest absolute Gasteiger partial charge is 0.259 e. The van der Waals surface area contributed by atoms with Gasteiger partial charge < -0.3 is 14.8 Å². The fourth-order valence-electron chi connectivity index (χ4n) is 3.80. The molecule has 0 bridgehead atoms. The summed E-state index contributed by atoms with van der Waals surface area (Å²) in [5, 5.41) is 15.7. The van der Waals surface area contributed by atoms with Crippen LogP contribution >= 0.6 is 11.3 Å². The van der Waals surface area contributed by atoms with Gasteiger partial charge in [0, 0.05) is 43.9 Å². The minimum absolute atomic E-state index is 0.316.